The van der Waals surface area contributed by atoms with E-state index < -0.39 is 22.8 Å². The smallest absolute Gasteiger partial charge is 0.549 e. The number of carbonyl (C=O) groups excluding carboxylic acids is 2. The predicted molar refractivity (Wildman–Crippen MR) is 89.5 cm³/mol. The van der Waals surface area contributed by atoms with Gasteiger partial charge in [0, 0.05) is 0 Å². The van der Waals surface area contributed by atoms with E-state index in [1.165, 1.54) is 32.1 Å². The Morgan fingerprint density at radius 2 is 1.09 bits per heavy atom. The summed E-state index contributed by atoms with van der Waals surface area (Å²) in [6, 6.07) is 0. The molecule has 23 heavy (non-hydrogen) atoms. The zero-order chi connectivity index (χ0) is 17.2. The van der Waals surface area contributed by atoms with Crippen LogP contribution in [0.5, 0.6) is 0 Å². The van der Waals surface area contributed by atoms with E-state index in [9.17, 15) is 19.8 Å². The Balaban J connectivity index is 0. The molecule has 4 nitrogen and oxygen atoms in total. The maximum atomic E-state index is 11.4. The van der Waals surface area contributed by atoms with Crippen molar-refractivity contribution >= 4 is 60.8 Å². The van der Waals surface area contributed by atoms with Gasteiger partial charge in [-0.05, 0) is 11.8 Å². The van der Waals surface area contributed by atoms with Crippen molar-refractivity contribution in [3.63, 3.8) is 0 Å². The van der Waals surface area contributed by atoms with Gasteiger partial charge in [0.1, 0.15) is 0 Å². The fourth-order valence-electron chi connectivity index (χ4n) is 2.98. The number of hydrogen-bond donors (Lipinski definition) is 0. The zero-order valence-corrected chi connectivity index (χ0v) is 19.9. The van der Waals surface area contributed by atoms with E-state index in [0.29, 0.717) is 6.42 Å². The second-order valence-corrected chi connectivity index (χ2v) is 7.31. The third-order valence-electron chi connectivity index (χ3n) is 4.63. The van der Waals surface area contributed by atoms with Crippen molar-refractivity contribution < 1.29 is 19.8 Å². The van der Waals surface area contributed by atoms with Crippen molar-refractivity contribution in [3.8, 4) is 0 Å². The SMILES string of the molecule is CCCCCCCCCCCC(C(=O)[O-])(C(=O)[O-])C(C)(C)C.[Ba+2]. The predicted octanol–water partition coefficient (Wildman–Crippen LogP) is 2.06. The fraction of sp³-hybridized carbons (Fsp3) is 0.889. The molecule has 130 valence electrons. The molecule has 0 bridgehead atoms. The molecular formula is C18H32BaO4. The minimum Gasteiger partial charge on any atom is -0.549 e. The molecule has 0 aromatic carbocycles. The van der Waals surface area contributed by atoms with Gasteiger partial charge in [-0.3, -0.25) is 0 Å². The summed E-state index contributed by atoms with van der Waals surface area (Å²) >= 11 is 0. The van der Waals surface area contributed by atoms with Crippen molar-refractivity contribution in [1.82, 2.24) is 0 Å². The fourth-order valence-corrected chi connectivity index (χ4v) is 2.98. The normalized spacial score (nSPS) is 11.8. The Morgan fingerprint density at radius 3 is 1.39 bits per heavy atom. The van der Waals surface area contributed by atoms with E-state index in [-0.39, 0.29) is 55.3 Å². The van der Waals surface area contributed by atoms with Crippen LogP contribution in [0.25, 0.3) is 0 Å². The first kappa shape index (κ1) is 25.7. The van der Waals surface area contributed by atoms with Crippen LogP contribution in [0.15, 0.2) is 0 Å². The van der Waals surface area contributed by atoms with Crippen molar-refractivity contribution in [2.75, 3.05) is 0 Å². The Morgan fingerprint density at radius 1 is 0.739 bits per heavy atom. The zero-order valence-electron chi connectivity index (χ0n) is 15.4. The van der Waals surface area contributed by atoms with Crippen LogP contribution in [-0.2, 0) is 9.59 Å². The van der Waals surface area contributed by atoms with Crippen molar-refractivity contribution in [3.05, 3.63) is 0 Å². The van der Waals surface area contributed by atoms with Gasteiger partial charge in [-0.1, -0.05) is 85.5 Å². The monoisotopic (exact) mass is 450 g/mol. The van der Waals surface area contributed by atoms with Crippen molar-refractivity contribution in [2.45, 2.75) is 91.9 Å². The minimum atomic E-state index is -1.91. The molecule has 0 unspecified atom stereocenters. The molecule has 0 heterocycles. The van der Waals surface area contributed by atoms with E-state index in [1.54, 1.807) is 20.8 Å². The van der Waals surface area contributed by atoms with Crippen LogP contribution in [-0.4, -0.2) is 60.8 Å². The number of unbranched alkanes of at least 4 members (excludes halogenated alkanes) is 8. The van der Waals surface area contributed by atoms with E-state index >= 15 is 0 Å². The van der Waals surface area contributed by atoms with E-state index in [0.717, 1.165) is 19.3 Å². The van der Waals surface area contributed by atoms with Crippen LogP contribution in [0.1, 0.15) is 91.9 Å². The van der Waals surface area contributed by atoms with Gasteiger partial charge in [0.05, 0.1) is 17.4 Å². The second kappa shape index (κ2) is 12.8. The third kappa shape index (κ3) is 8.43. The molecule has 0 spiro atoms. The summed E-state index contributed by atoms with van der Waals surface area (Å²) in [5.41, 5.74) is -2.83. The summed E-state index contributed by atoms with van der Waals surface area (Å²) in [7, 11) is 0. The molecule has 0 rings (SSSR count). The van der Waals surface area contributed by atoms with Gasteiger partial charge in [0.25, 0.3) is 0 Å². The van der Waals surface area contributed by atoms with Gasteiger partial charge in [-0.25, -0.2) is 0 Å². The summed E-state index contributed by atoms with van der Waals surface area (Å²) in [6.07, 6.45) is 9.90. The number of carboxylic acid groups (broad SMARTS) is 2. The molecule has 0 atom stereocenters. The number of carbonyl (C=O) groups is 2. The van der Waals surface area contributed by atoms with Gasteiger partial charge in [0.2, 0.25) is 0 Å². The van der Waals surface area contributed by atoms with Gasteiger partial charge in [-0.2, -0.15) is 0 Å². The molecule has 0 aliphatic carbocycles. The number of aliphatic carboxylic acids is 2. The third-order valence-corrected chi connectivity index (χ3v) is 4.63. The van der Waals surface area contributed by atoms with Crippen LogP contribution in [0, 0.1) is 10.8 Å². The van der Waals surface area contributed by atoms with E-state index in [2.05, 4.69) is 6.92 Å². The van der Waals surface area contributed by atoms with Gasteiger partial charge in [0.15, 0.2) is 0 Å². The maximum absolute atomic E-state index is 11.4. The maximum Gasteiger partial charge on any atom is 2.00 e. The molecule has 0 saturated heterocycles. The number of rotatable bonds is 12. The number of hydrogen-bond acceptors (Lipinski definition) is 4. The van der Waals surface area contributed by atoms with Gasteiger partial charge >= 0.3 is 48.9 Å². The van der Waals surface area contributed by atoms with E-state index in [4.69, 9.17) is 0 Å². The first-order valence-corrected chi connectivity index (χ1v) is 8.63. The van der Waals surface area contributed by atoms with E-state index in [1.807, 2.05) is 0 Å². The average molecular weight is 450 g/mol. The summed E-state index contributed by atoms with van der Waals surface area (Å²) in [6.45, 7) is 7.04. The van der Waals surface area contributed by atoms with Gasteiger partial charge in [-0.15, -0.1) is 0 Å². The standard InChI is InChI=1S/C18H34O4.Ba/c1-5-6-7-8-9-10-11-12-13-14-18(15(19)20,16(21)22)17(2,3)4;/h5-14H2,1-4H3,(H,19,20)(H,21,22);/q;+2/p-2. The second-order valence-electron chi connectivity index (χ2n) is 7.31. The Hall–Kier alpha value is 0.511. The Labute approximate surface area is 181 Å². The molecule has 0 amide bonds. The van der Waals surface area contributed by atoms with Crippen LogP contribution >= 0.6 is 0 Å². The molecule has 0 aliphatic rings. The molecule has 0 radical (unpaired) electrons. The van der Waals surface area contributed by atoms with Crippen LogP contribution in [0.4, 0.5) is 0 Å². The molecule has 0 aliphatic heterocycles. The summed E-state index contributed by atoms with van der Waals surface area (Å²) in [4.78, 5) is 22.9. The Bertz CT molecular complexity index is 333. The first-order valence-electron chi connectivity index (χ1n) is 8.63. The molecule has 0 fully saturated rings. The molecule has 0 saturated carbocycles. The minimum absolute atomic E-state index is 0. The van der Waals surface area contributed by atoms with Crippen LogP contribution < -0.4 is 10.2 Å². The van der Waals surface area contributed by atoms with Gasteiger partial charge < -0.3 is 19.8 Å². The Kier molecular flexibility index (Phi) is 14.3. The summed E-state index contributed by atoms with van der Waals surface area (Å²) in [5, 5.41) is 22.9. The molecular weight excluding hydrogens is 418 g/mol. The quantitative estimate of drug-likeness (QED) is 0.259. The van der Waals surface area contributed by atoms with Crippen LogP contribution in [0.2, 0.25) is 0 Å². The molecule has 0 N–H and O–H groups in total. The topological polar surface area (TPSA) is 80.3 Å². The summed E-state index contributed by atoms with van der Waals surface area (Å²) in [5.74, 6) is -3.06. The molecule has 0 aromatic heterocycles. The molecule has 5 heteroatoms. The number of carboxylic acids is 2. The first-order chi connectivity index (χ1) is 10.2. The summed E-state index contributed by atoms with van der Waals surface area (Å²) < 4.78 is 0. The average Bonchev–Trinajstić information content (AvgIpc) is 2.38. The van der Waals surface area contributed by atoms with Crippen molar-refractivity contribution in [1.29, 1.82) is 0 Å². The molecule has 0 aromatic rings. The van der Waals surface area contributed by atoms with Crippen LogP contribution in [0.3, 0.4) is 0 Å². The largest absolute Gasteiger partial charge is 2.00 e. The van der Waals surface area contributed by atoms with Crippen molar-refractivity contribution in [2.24, 2.45) is 10.8 Å².